The minimum atomic E-state index is -0.475. The fraction of sp³-hybridized carbons (Fsp3) is 0. The Morgan fingerprint density at radius 1 is 0.594 bits per heavy atom. The van der Waals surface area contributed by atoms with Crippen molar-refractivity contribution in [3.8, 4) is 11.8 Å². The van der Waals surface area contributed by atoms with Crippen molar-refractivity contribution in [3.63, 3.8) is 0 Å². The van der Waals surface area contributed by atoms with Crippen molar-refractivity contribution in [1.82, 2.24) is 20.4 Å². The van der Waals surface area contributed by atoms with E-state index in [4.69, 9.17) is 8.83 Å². The molecule has 2 aromatic carbocycles. The van der Waals surface area contributed by atoms with Gasteiger partial charge < -0.3 is 8.83 Å². The number of nitrogens with zero attached hydrogens (tertiary/aromatic N) is 6. The van der Waals surface area contributed by atoms with Gasteiger partial charge >= 0.3 is 11.8 Å². The summed E-state index contributed by atoms with van der Waals surface area (Å²) in [5, 5.41) is 36.8. The Labute approximate surface area is 178 Å². The second-order valence-corrected chi connectivity index (χ2v) is 6.25. The molecule has 12 heteroatoms. The number of hydrogen-bond donors (Lipinski definition) is 0. The molecule has 4 rings (SSSR count). The summed E-state index contributed by atoms with van der Waals surface area (Å²) in [7, 11) is 0. The van der Waals surface area contributed by atoms with Gasteiger partial charge in [0.1, 0.15) is 0 Å². The molecule has 0 bridgehead atoms. The van der Waals surface area contributed by atoms with Gasteiger partial charge in [-0.15, -0.1) is 20.4 Å². The third-order valence-electron chi connectivity index (χ3n) is 4.11. The van der Waals surface area contributed by atoms with Crippen molar-refractivity contribution in [2.24, 2.45) is 0 Å². The van der Waals surface area contributed by atoms with Crippen LogP contribution in [0.15, 0.2) is 57.4 Å². The molecule has 32 heavy (non-hydrogen) atoms. The first kappa shape index (κ1) is 20.3. The largest absolute Gasteiger partial charge is 0.413 e. The molecule has 0 saturated carbocycles. The molecule has 0 amide bonds. The van der Waals surface area contributed by atoms with E-state index >= 15 is 0 Å². The van der Waals surface area contributed by atoms with Crippen LogP contribution in [0.5, 0.6) is 0 Å². The molecule has 0 unspecified atom stereocenters. The summed E-state index contributed by atoms with van der Waals surface area (Å²) in [6, 6.07) is 11.9. The summed E-state index contributed by atoms with van der Waals surface area (Å²) in [6.45, 7) is 0. The normalized spacial score (nSPS) is 11.4. The molecule has 2 aromatic heterocycles. The smallest absolute Gasteiger partial charge is 0.306 e. The zero-order valence-corrected chi connectivity index (χ0v) is 16.1. The molecule has 0 aliphatic rings. The Morgan fingerprint density at radius 3 is 1.31 bits per heavy atom. The molecule has 12 nitrogen and oxygen atoms in total. The summed E-state index contributed by atoms with van der Waals surface area (Å²) < 4.78 is 10.9. The van der Waals surface area contributed by atoms with Crippen LogP contribution in [-0.4, -0.2) is 30.2 Å². The Bertz CT molecular complexity index is 1220. The van der Waals surface area contributed by atoms with E-state index in [-0.39, 0.29) is 34.9 Å². The highest BCUT2D eigenvalue weighted by Gasteiger charge is 2.14. The van der Waals surface area contributed by atoms with Crippen LogP contribution in [0, 0.1) is 20.2 Å². The average molecular weight is 432 g/mol. The molecule has 0 atom stereocenters. The van der Waals surface area contributed by atoms with Gasteiger partial charge in [-0.05, 0) is 47.5 Å². The van der Waals surface area contributed by atoms with E-state index in [2.05, 4.69) is 20.4 Å². The highest BCUT2D eigenvalue weighted by molar-refractivity contribution is 5.67. The molecule has 2 heterocycles. The van der Waals surface area contributed by atoms with Gasteiger partial charge in [-0.2, -0.15) is 0 Å². The fourth-order valence-corrected chi connectivity index (χ4v) is 2.53. The first-order valence-corrected chi connectivity index (χ1v) is 9.00. The summed E-state index contributed by atoms with van der Waals surface area (Å²) in [4.78, 5) is 20.4. The maximum absolute atomic E-state index is 10.7. The van der Waals surface area contributed by atoms with Crippen LogP contribution < -0.4 is 0 Å². The van der Waals surface area contributed by atoms with E-state index in [1.807, 2.05) is 0 Å². The third-order valence-corrected chi connectivity index (χ3v) is 4.11. The summed E-state index contributed by atoms with van der Waals surface area (Å²) in [5.74, 6) is 0.408. The molecule has 0 aliphatic heterocycles. The van der Waals surface area contributed by atoms with Crippen molar-refractivity contribution in [1.29, 1.82) is 0 Å². The van der Waals surface area contributed by atoms with Crippen molar-refractivity contribution in [3.05, 3.63) is 91.7 Å². The number of benzene rings is 2. The Balaban J connectivity index is 1.42. The molecular weight excluding hydrogens is 420 g/mol. The molecular formula is C20H12N6O6. The quantitative estimate of drug-likeness (QED) is 0.304. The van der Waals surface area contributed by atoms with Crippen LogP contribution in [0.4, 0.5) is 11.4 Å². The number of nitro groups is 2. The Hall–Kier alpha value is -5.00. The maximum Gasteiger partial charge on any atom is 0.306 e. The summed E-state index contributed by atoms with van der Waals surface area (Å²) in [6.07, 6.45) is 6.41. The van der Waals surface area contributed by atoms with Crippen molar-refractivity contribution < 1.29 is 18.7 Å². The Morgan fingerprint density at radius 2 is 0.969 bits per heavy atom. The van der Waals surface area contributed by atoms with Crippen molar-refractivity contribution >= 4 is 35.7 Å². The van der Waals surface area contributed by atoms with E-state index in [0.29, 0.717) is 11.1 Å². The minimum Gasteiger partial charge on any atom is -0.413 e. The van der Waals surface area contributed by atoms with Gasteiger partial charge in [0.05, 0.1) is 9.85 Å². The number of aromatic nitrogens is 4. The first-order valence-electron chi connectivity index (χ1n) is 9.00. The lowest BCUT2D eigenvalue weighted by atomic mass is 10.2. The van der Waals surface area contributed by atoms with Gasteiger partial charge in [0, 0.05) is 36.4 Å². The highest BCUT2D eigenvalue weighted by atomic mass is 16.6. The van der Waals surface area contributed by atoms with Gasteiger partial charge in [-0.25, -0.2) is 0 Å². The van der Waals surface area contributed by atoms with Crippen LogP contribution in [-0.2, 0) is 0 Å². The maximum atomic E-state index is 10.7. The predicted octanol–water partition coefficient (Wildman–Crippen LogP) is 4.28. The van der Waals surface area contributed by atoms with Crippen molar-refractivity contribution in [2.75, 3.05) is 0 Å². The van der Waals surface area contributed by atoms with E-state index in [1.54, 1.807) is 48.6 Å². The second-order valence-electron chi connectivity index (χ2n) is 6.25. The van der Waals surface area contributed by atoms with Crippen LogP contribution in [0.1, 0.15) is 22.9 Å². The predicted molar refractivity (Wildman–Crippen MR) is 112 cm³/mol. The summed E-state index contributed by atoms with van der Waals surface area (Å²) >= 11 is 0. The summed E-state index contributed by atoms with van der Waals surface area (Å²) in [5.41, 5.74) is 1.42. The molecule has 0 N–H and O–H groups in total. The van der Waals surface area contributed by atoms with Gasteiger partial charge in [0.15, 0.2) is 0 Å². The monoisotopic (exact) mass is 432 g/mol. The number of rotatable bonds is 7. The molecule has 158 valence electrons. The zero-order valence-electron chi connectivity index (χ0n) is 16.1. The lowest BCUT2D eigenvalue weighted by Crippen LogP contribution is -1.86. The van der Waals surface area contributed by atoms with Crippen LogP contribution in [0.2, 0.25) is 0 Å². The standard InChI is InChI=1S/C20H12N6O6/c27-25(28)15-7-1-13(2-8-15)5-11-17-21-23-19(31-17)20-24-22-18(32-20)12-6-14-3-9-16(10-4-14)26(29)30/h1-12H/b11-5+,12-6+. The lowest BCUT2D eigenvalue weighted by molar-refractivity contribution is -0.385. The molecule has 0 aliphatic carbocycles. The zero-order chi connectivity index (χ0) is 22.5. The lowest BCUT2D eigenvalue weighted by Gasteiger charge is -1.92. The van der Waals surface area contributed by atoms with Crippen molar-refractivity contribution in [2.45, 2.75) is 0 Å². The van der Waals surface area contributed by atoms with E-state index in [0.717, 1.165) is 0 Å². The number of non-ortho nitro benzene ring substituents is 2. The van der Waals surface area contributed by atoms with Gasteiger partial charge in [-0.3, -0.25) is 20.2 Å². The molecule has 0 fully saturated rings. The van der Waals surface area contributed by atoms with Gasteiger partial charge in [0.25, 0.3) is 11.4 Å². The minimum absolute atomic E-state index is 0.00273. The third kappa shape index (κ3) is 4.76. The van der Waals surface area contributed by atoms with Gasteiger partial charge in [-0.1, -0.05) is 0 Å². The molecule has 0 radical (unpaired) electrons. The van der Waals surface area contributed by atoms with Crippen LogP contribution in [0.25, 0.3) is 36.1 Å². The van der Waals surface area contributed by atoms with Crippen LogP contribution in [0.3, 0.4) is 0 Å². The number of hydrogen-bond acceptors (Lipinski definition) is 10. The molecule has 0 saturated heterocycles. The molecule has 4 aromatic rings. The van der Waals surface area contributed by atoms with E-state index in [9.17, 15) is 20.2 Å². The van der Waals surface area contributed by atoms with Crippen LogP contribution >= 0.6 is 0 Å². The SMILES string of the molecule is O=[N+]([O-])c1ccc(/C=C/c2nnc(-c3nnc(/C=C/c4ccc([N+](=O)[O-])cc4)o3)o2)cc1. The Kier molecular flexibility index (Phi) is 5.57. The van der Waals surface area contributed by atoms with Gasteiger partial charge in [0.2, 0.25) is 11.8 Å². The van der Waals surface area contributed by atoms with E-state index < -0.39 is 9.85 Å². The molecule has 0 spiro atoms. The highest BCUT2D eigenvalue weighted by Crippen LogP contribution is 2.20. The topological polar surface area (TPSA) is 164 Å². The second kappa shape index (κ2) is 8.79. The average Bonchev–Trinajstić information content (AvgIpc) is 3.46. The van der Waals surface area contributed by atoms with E-state index in [1.165, 1.54) is 24.3 Å². The first-order chi connectivity index (χ1) is 15.5. The number of nitro benzene ring substituents is 2. The fourth-order valence-electron chi connectivity index (χ4n) is 2.53.